The number of Topliss-reactive ketones (excluding diaryl/α,β-unsaturated/α-hetero) is 1. The van der Waals surface area contributed by atoms with Crippen LogP contribution < -0.4 is 5.11 Å². The minimum absolute atomic E-state index is 0.0467. The van der Waals surface area contributed by atoms with Crippen LogP contribution in [-0.2, 0) is 23.9 Å². The number of carbonyl (C=O) groups excluding carboxylic acids is 4. The second-order valence-electron chi connectivity index (χ2n) is 10.5. The smallest absolute Gasteiger partial charge is 0.306 e. The predicted octanol–water partition coefficient (Wildman–Crippen LogP) is 2.78. The Bertz CT molecular complexity index is 828. The van der Waals surface area contributed by atoms with Crippen molar-refractivity contribution in [3.05, 3.63) is 11.6 Å². The number of fused-ring (bicyclic) bond motifs is 5. The molecule has 4 aliphatic rings. The van der Waals surface area contributed by atoms with Gasteiger partial charge in [0.2, 0.25) is 0 Å². The lowest BCUT2D eigenvalue weighted by atomic mass is 9.46. The molecule has 0 aromatic rings. The molecule has 0 aliphatic heterocycles. The zero-order valence-electron chi connectivity index (χ0n) is 18.6. The van der Waals surface area contributed by atoms with Crippen LogP contribution in [0.5, 0.6) is 0 Å². The van der Waals surface area contributed by atoms with E-state index in [1.54, 1.807) is 13.0 Å². The van der Waals surface area contributed by atoms with Crippen molar-refractivity contribution in [2.75, 3.05) is 6.61 Å². The number of carboxylic acids is 1. The average molecular weight is 430 g/mol. The average Bonchev–Trinajstić information content (AvgIpc) is 3.08. The SMILES string of the molecule is CC(=O)[C@@H]1CC[C@@H]2[C@H]3CCC4=CC(=O)CC[C@]4(COC(=O)CCC(=O)[O-])[C@@H]3CC[C@@]21C. The maximum absolute atomic E-state index is 12.3. The molecule has 0 bridgehead atoms. The standard InChI is InChI=1S/C25H34O6/c1-15(26)19-5-6-20-18-4-3-16-13-17(27)9-12-25(16,21(18)10-11-24(19,20)2)14-31-23(30)8-7-22(28)29/h13,18-21H,3-12,14H2,1-2H3,(H,28,29)/p-1/t18-,19+,20-,21-,24-,25-/m1/s1. The summed E-state index contributed by atoms with van der Waals surface area (Å²) in [4.78, 5) is 47.4. The van der Waals surface area contributed by atoms with E-state index in [1.807, 2.05) is 0 Å². The highest BCUT2D eigenvalue weighted by atomic mass is 16.5. The minimum atomic E-state index is -1.26. The van der Waals surface area contributed by atoms with Gasteiger partial charge in [-0.05, 0) is 87.5 Å². The number of esters is 1. The fourth-order valence-corrected chi connectivity index (χ4v) is 7.79. The molecule has 0 amide bonds. The van der Waals surface area contributed by atoms with Crippen molar-refractivity contribution in [1.82, 2.24) is 0 Å². The van der Waals surface area contributed by atoms with Crippen molar-refractivity contribution in [2.45, 2.75) is 78.1 Å². The molecular weight excluding hydrogens is 396 g/mol. The van der Waals surface area contributed by atoms with Crippen LogP contribution in [0.1, 0.15) is 78.1 Å². The summed E-state index contributed by atoms with van der Waals surface area (Å²) in [5, 5.41) is 10.7. The number of carbonyl (C=O) groups is 4. The highest BCUT2D eigenvalue weighted by molar-refractivity contribution is 5.91. The summed E-state index contributed by atoms with van der Waals surface area (Å²) in [7, 11) is 0. The molecule has 0 aromatic heterocycles. The van der Waals surface area contributed by atoms with Crippen LogP contribution in [0.3, 0.4) is 0 Å². The molecule has 0 spiro atoms. The van der Waals surface area contributed by atoms with Gasteiger partial charge in [-0.15, -0.1) is 0 Å². The zero-order valence-corrected chi connectivity index (χ0v) is 18.6. The number of aliphatic carboxylic acids is 1. The molecule has 0 unspecified atom stereocenters. The maximum atomic E-state index is 12.3. The fourth-order valence-electron chi connectivity index (χ4n) is 7.79. The summed E-state index contributed by atoms with van der Waals surface area (Å²) in [5.74, 6) is 0.102. The van der Waals surface area contributed by atoms with Crippen molar-refractivity contribution in [3.63, 3.8) is 0 Å². The van der Waals surface area contributed by atoms with Crippen molar-refractivity contribution < 1.29 is 29.0 Å². The monoisotopic (exact) mass is 429 g/mol. The lowest BCUT2D eigenvalue weighted by Crippen LogP contribution is -2.53. The van der Waals surface area contributed by atoms with Gasteiger partial charge >= 0.3 is 5.97 Å². The van der Waals surface area contributed by atoms with E-state index in [9.17, 15) is 24.3 Å². The van der Waals surface area contributed by atoms with Gasteiger partial charge in [0.15, 0.2) is 5.78 Å². The van der Waals surface area contributed by atoms with Crippen LogP contribution in [0, 0.1) is 34.5 Å². The Kier molecular flexibility index (Phi) is 5.86. The van der Waals surface area contributed by atoms with Gasteiger partial charge in [-0.3, -0.25) is 14.4 Å². The Morgan fingerprint density at radius 3 is 2.55 bits per heavy atom. The van der Waals surface area contributed by atoms with Crippen LogP contribution in [0.4, 0.5) is 0 Å². The molecule has 0 aromatic carbocycles. The molecule has 3 saturated carbocycles. The van der Waals surface area contributed by atoms with Gasteiger partial charge in [-0.25, -0.2) is 0 Å². The zero-order chi connectivity index (χ0) is 22.4. The van der Waals surface area contributed by atoms with Gasteiger partial charge in [0.25, 0.3) is 0 Å². The summed E-state index contributed by atoms with van der Waals surface area (Å²) < 4.78 is 5.64. The Morgan fingerprint density at radius 2 is 1.84 bits per heavy atom. The van der Waals surface area contributed by atoms with E-state index < -0.39 is 11.9 Å². The Labute approximate surface area is 183 Å². The second-order valence-corrected chi connectivity index (χ2v) is 10.5. The van der Waals surface area contributed by atoms with Crippen LogP contribution >= 0.6 is 0 Å². The molecule has 0 N–H and O–H groups in total. The summed E-state index contributed by atoms with van der Waals surface area (Å²) in [6.07, 6.45) is 8.26. The number of hydrogen-bond donors (Lipinski definition) is 0. The molecule has 170 valence electrons. The van der Waals surface area contributed by atoms with Crippen LogP contribution in [0.15, 0.2) is 11.6 Å². The fraction of sp³-hybridized carbons (Fsp3) is 0.760. The number of ether oxygens (including phenoxy) is 1. The highest BCUT2D eigenvalue weighted by Gasteiger charge is 2.61. The predicted molar refractivity (Wildman–Crippen MR) is 110 cm³/mol. The molecule has 0 saturated heterocycles. The van der Waals surface area contributed by atoms with Crippen LogP contribution in [0.2, 0.25) is 0 Å². The van der Waals surface area contributed by atoms with E-state index in [1.165, 1.54) is 0 Å². The van der Waals surface area contributed by atoms with E-state index in [-0.39, 0.29) is 42.0 Å². The third-order valence-corrected chi connectivity index (χ3v) is 9.20. The van der Waals surface area contributed by atoms with Crippen molar-refractivity contribution in [3.8, 4) is 0 Å². The first-order valence-electron chi connectivity index (χ1n) is 11.8. The van der Waals surface area contributed by atoms with Crippen molar-refractivity contribution >= 4 is 23.5 Å². The molecule has 6 nitrogen and oxygen atoms in total. The lowest BCUT2D eigenvalue weighted by molar-refractivity contribution is -0.305. The first kappa shape index (κ1) is 22.2. The Morgan fingerprint density at radius 1 is 1.06 bits per heavy atom. The summed E-state index contributed by atoms with van der Waals surface area (Å²) in [6.45, 7) is 4.25. The molecule has 31 heavy (non-hydrogen) atoms. The van der Waals surface area contributed by atoms with Crippen LogP contribution in [-0.4, -0.2) is 30.1 Å². The van der Waals surface area contributed by atoms with Gasteiger partial charge in [0, 0.05) is 23.7 Å². The molecule has 4 rings (SSSR count). The molecule has 6 atom stereocenters. The first-order chi connectivity index (χ1) is 14.7. The number of carboxylic acid groups (broad SMARTS) is 1. The maximum Gasteiger partial charge on any atom is 0.306 e. The van der Waals surface area contributed by atoms with Crippen LogP contribution in [0.25, 0.3) is 0 Å². The van der Waals surface area contributed by atoms with E-state index in [0.29, 0.717) is 36.4 Å². The summed E-state index contributed by atoms with van der Waals surface area (Å²) >= 11 is 0. The molecule has 0 radical (unpaired) electrons. The summed E-state index contributed by atoms with van der Waals surface area (Å²) in [6, 6.07) is 0. The topological polar surface area (TPSA) is 101 Å². The van der Waals surface area contributed by atoms with Crippen molar-refractivity contribution in [1.29, 1.82) is 0 Å². The lowest BCUT2D eigenvalue weighted by Gasteiger charge is -2.58. The van der Waals surface area contributed by atoms with E-state index in [4.69, 9.17) is 4.74 Å². The molecular formula is C25H33O6-. The molecule has 0 heterocycles. The minimum Gasteiger partial charge on any atom is -0.550 e. The highest BCUT2D eigenvalue weighted by Crippen LogP contribution is 2.66. The van der Waals surface area contributed by atoms with Crippen molar-refractivity contribution in [2.24, 2.45) is 34.5 Å². The third kappa shape index (κ3) is 3.76. The molecule has 3 fully saturated rings. The van der Waals surface area contributed by atoms with Gasteiger partial charge < -0.3 is 14.6 Å². The second kappa shape index (κ2) is 8.18. The third-order valence-electron chi connectivity index (χ3n) is 9.20. The van der Waals surface area contributed by atoms with Gasteiger partial charge in [0.05, 0.1) is 6.42 Å². The molecule has 6 heteroatoms. The van der Waals surface area contributed by atoms with Gasteiger partial charge in [-0.2, -0.15) is 0 Å². The number of rotatable bonds is 6. The van der Waals surface area contributed by atoms with E-state index in [2.05, 4.69) is 6.92 Å². The summed E-state index contributed by atoms with van der Waals surface area (Å²) in [5.41, 5.74) is 0.830. The number of ketones is 2. The molecule has 4 aliphatic carbocycles. The normalized spacial score (nSPS) is 39.0. The van der Waals surface area contributed by atoms with Gasteiger partial charge in [-0.1, -0.05) is 12.5 Å². The Balaban J connectivity index is 1.59. The Hall–Kier alpha value is -1.98. The van der Waals surface area contributed by atoms with E-state index in [0.717, 1.165) is 44.1 Å². The largest absolute Gasteiger partial charge is 0.550 e. The van der Waals surface area contributed by atoms with Gasteiger partial charge in [0.1, 0.15) is 12.4 Å². The van der Waals surface area contributed by atoms with E-state index >= 15 is 0 Å². The quantitative estimate of drug-likeness (QED) is 0.602. The number of hydrogen-bond acceptors (Lipinski definition) is 6. The first-order valence-corrected chi connectivity index (χ1v) is 11.8.